The summed E-state index contributed by atoms with van der Waals surface area (Å²) < 4.78 is 0. The van der Waals surface area contributed by atoms with E-state index in [9.17, 15) is 0 Å². The van der Waals surface area contributed by atoms with E-state index in [1.807, 2.05) is 0 Å². The molecule has 20 heavy (non-hydrogen) atoms. The summed E-state index contributed by atoms with van der Waals surface area (Å²) in [6.45, 7) is 3.00. The van der Waals surface area contributed by atoms with E-state index in [0.717, 1.165) is 19.4 Å². The standard InChI is InChI=1S/C18H24N2/c1-15-7-6-10-18(13-15)20(2)14-17(19)12-11-16-8-4-3-5-9-16/h3-10,13,17H,11-12,14,19H2,1-2H3. The van der Waals surface area contributed by atoms with Crippen molar-refractivity contribution in [3.63, 3.8) is 0 Å². The first kappa shape index (κ1) is 14.6. The summed E-state index contributed by atoms with van der Waals surface area (Å²) in [6.07, 6.45) is 2.06. The number of nitrogens with zero attached hydrogens (tertiary/aromatic N) is 1. The molecule has 0 spiro atoms. The minimum atomic E-state index is 0.195. The molecular formula is C18H24N2. The first-order valence-corrected chi connectivity index (χ1v) is 7.22. The van der Waals surface area contributed by atoms with Gasteiger partial charge in [-0.1, -0.05) is 42.5 Å². The zero-order chi connectivity index (χ0) is 14.4. The van der Waals surface area contributed by atoms with Crippen LogP contribution in [-0.2, 0) is 6.42 Å². The summed E-state index contributed by atoms with van der Waals surface area (Å²) in [5.41, 5.74) is 10.1. The molecule has 0 saturated heterocycles. The van der Waals surface area contributed by atoms with Gasteiger partial charge in [-0.05, 0) is 43.0 Å². The first-order chi connectivity index (χ1) is 9.65. The van der Waals surface area contributed by atoms with E-state index >= 15 is 0 Å². The van der Waals surface area contributed by atoms with E-state index in [1.165, 1.54) is 16.8 Å². The predicted octanol–water partition coefficient (Wildman–Crippen LogP) is 3.39. The largest absolute Gasteiger partial charge is 0.373 e. The summed E-state index contributed by atoms with van der Waals surface area (Å²) in [5.74, 6) is 0. The highest BCUT2D eigenvalue weighted by molar-refractivity contribution is 5.47. The Morgan fingerprint density at radius 1 is 1.05 bits per heavy atom. The molecule has 1 unspecified atom stereocenters. The van der Waals surface area contributed by atoms with E-state index in [-0.39, 0.29) is 6.04 Å². The van der Waals surface area contributed by atoms with Gasteiger partial charge in [0, 0.05) is 25.3 Å². The average Bonchev–Trinajstić information content (AvgIpc) is 2.46. The van der Waals surface area contributed by atoms with Gasteiger partial charge in [0.2, 0.25) is 0 Å². The highest BCUT2D eigenvalue weighted by Crippen LogP contribution is 2.15. The van der Waals surface area contributed by atoms with Crippen molar-refractivity contribution >= 4 is 5.69 Å². The first-order valence-electron chi connectivity index (χ1n) is 7.22. The molecule has 2 N–H and O–H groups in total. The maximum atomic E-state index is 6.26. The summed E-state index contributed by atoms with van der Waals surface area (Å²) in [5, 5.41) is 0. The molecule has 0 aliphatic heterocycles. The molecule has 106 valence electrons. The van der Waals surface area contributed by atoms with Gasteiger partial charge in [0.05, 0.1) is 0 Å². The smallest absolute Gasteiger partial charge is 0.0366 e. The van der Waals surface area contributed by atoms with Crippen molar-refractivity contribution in [2.24, 2.45) is 5.73 Å². The summed E-state index contributed by atoms with van der Waals surface area (Å²) in [4.78, 5) is 2.24. The molecule has 0 aliphatic carbocycles. The van der Waals surface area contributed by atoms with Gasteiger partial charge in [-0.25, -0.2) is 0 Å². The third-order valence-corrected chi connectivity index (χ3v) is 3.60. The van der Waals surface area contributed by atoms with Crippen LogP contribution in [0.25, 0.3) is 0 Å². The van der Waals surface area contributed by atoms with E-state index in [1.54, 1.807) is 0 Å². The third kappa shape index (κ3) is 4.39. The molecule has 0 aromatic heterocycles. The highest BCUT2D eigenvalue weighted by atomic mass is 15.1. The average molecular weight is 268 g/mol. The zero-order valence-corrected chi connectivity index (χ0v) is 12.4. The molecule has 2 nitrogen and oxygen atoms in total. The molecule has 2 rings (SSSR count). The summed E-state index contributed by atoms with van der Waals surface area (Å²) in [7, 11) is 2.11. The number of rotatable bonds is 6. The summed E-state index contributed by atoms with van der Waals surface area (Å²) in [6, 6.07) is 19.3. The monoisotopic (exact) mass is 268 g/mol. The van der Waals surface area contributed by atoms with Crippen molar-refractivity contribution in [2.45, 2.75) is 25.8 Å². The zero-order valence-electron chi connectivity index (χ0n) is 12.4. The maximum Gasteiger partial charge on any atom is 0.0366 e. The minimum Gasteiger partial charge on any atom is -0.373 e. The van der Waals surface area contributed by atoms with Gasteiger partial charge in [0.15, 0.2) is 0 Å². The normalized spacial score (nSPS) is 12.2. The Labute approximate surface area is 122 Å². The molecule has 0 bridgehead atoms. The third-order valence-electron chi connectivity index (χ3n) is 3.60. The Bertz CT molecular complexity index is 522. The number of likely N-dealkylation sites (N-methyl/N-ethyl adjacent to an activating group) is 1. The quantitative estimate of drug-likeness (QED) is 0.870. The van der Waals surface area contributed by atoms with Crippen LogP contribution >= 0.6 is 0 Å². The fraction of sp³-hybridized carbons (Fsp3) is 0.333. The van der Waals surface area contributed by atoms with Crippen molar-refractivity contribution in [3.8, 4) is 0 Å². The van der Waals surface area contributed by atoms with Crippen LogP contribution in [0.2, 0.25) is 0 Å². The molecular weight excluding hydrogens is 244 g/mol. The van der Waals surface area contributed by atoms with Gasteiger partial charge in [0.1, 0.15) is 0 Å². The van der Waals surface area contributed by atoms with Crippen LogP contribution in [0, 0.1) is 6.92 Å². The molecule has 2 aromatic rings. The minimum absolute atomic E-state index is 0.195. The Hall–Kier alpha value is -1.80. The van der Waals surface area contributed by atoms with Crippen LogP contribution in [-0.4, -0.2) is 19.6 Å². The van der Waals surface area contributed by atoms with Crippen LogP contribution < -0.4 is 10.6 Å². The lowest BCUT2D eigenvalue weighted by molar-refractivity contribution is 0.607. The van der Waals surface area contributed by atoms with Crippen molar-refractivity contribution < 1.29 is 0 Å². The number of aryl methyl sites for hydroxylation is 2. The Balaban J connectivity index is 1.83. The molecule has 1 atom stereocenters. The number of benzene rings is 2. The molecule has 2 heteroatoms. The second-order valence-electron chi connectivity index (χ2n) is 5.50. The molecule has 2 aromatic carbocycles. The van der Waals surface area contributed by atoms with E-state index in [2.05, 4.69) is 73.5 Å². The van der Waals surface area contributed by atoms with Crippen LogP contribution in [0.5, 0.6) is 0 Å². The number of hydrogen-bond acceptors (Lipinski definition) is 2. The fourth-order valence-electron chi connectivity index (χ4n) is 2.41. The lowest BCUT2D eigenvalue weighted by Crippen LogP contribution is -2.35. The van der Waals surface area contributed by atoms with E-state index in [0.29, 0.717) is 0 Å². The Morgan fingerprint density at radius 3 is 2.50 bits per heavy atom. The van der Waals surface area contributed by atoms with Crippen LogP contribution in [0.3, 0.4) is 0 Å². The topological polar surface area (TPSA) is 29.3 Å². The molecule has 0 heterocycles. The number of hydrogen-bond donors (Lipinski definition) is 1. The second-order valence-corrected chi connectivity index (χ2v) is 5.50. The van der Waals surface area contributed by atoms with Crippen LogP contribution in [0.1, 0.15) is 17.5 Å². The van der Waals surface area contributed by atoms with Gasteiger partial charge < -0.3 is 10.6 Å². The van der Waals surface area contributed by atoms with Crippen molar-refractivity contribution in [1.82, 2.24) is 0 Å². The van der Waals surface area contributed by atoms with E-state index in [4.69, 9.17) is 5.73 Å². The Kier molecular flexibility index (Phi) is 5.19. The van der Waals surface area contributed by atoms with Gasteiger partial charge in [-0.3, -0.25) is 0 Å². The van der Waals surface area contributed by atoms with E-state index < -0.39 is 0 Å². The molecule has 0 saturated carbocycles. The van der Waals surface area contributed by atoms with Crippen molar-refractivity contribution in [2.75, 3.05) is 18.5 Å². The van der Waals surface area contributed by atoms with Crippen LogP contribution in [0.4, 0.5) is 5.69 Å². The predicted molar refractivity (Wildman–Crippen MR) is 87.2 cm³/mol. The van der Waals surface area contributed by atoms with Gasteiger partial charge >= 0.3 is 0 Å². The molecule has 0 radical (unpaired) electrons. The van der Waals surface area contributed by atoms with Crippen molar-refractivity contribution in [1.29, 1.82) is 0 Å². The molecule has 0 aliphatic rings. The fourth-order valence-corrected chi connectivity index (χ4v) is 2.41. The highest BCUT2D eigenvalue weighted by Gasteiger charge is 2.08. The van der Waals surface area contributed by atoms with Crippen molar-refractivity contribution in [3.05, 3.63) is 65.7 Å². The summed E-state index contributed by atoms with van der Waals surface area (Å²) >= 11 is 0. The SMILES string of the molecule is Cc1cccc(N(C)CC(N)CCc2ccccc2)c1. The second kappa shape index (κ2) is 7.11. The maximum absolute atomic E-state index is 6.26. The van der Waals surface area contributed by atoms with Gasteiger partial charge in [0.25, 0.3) is 0 Å². The Morgan fingerprint density at radius 2 is 1.80 bits per heavy atom. The number of anilines is 1. The lowest BCUT2D eigenvalue weighted by Gasteiger charge is -2.23. The van der Waals surface area contributed by atoms with Gasteiger partial charge in [-0.2, -0.15) is 0 Å². The molecule has 0 fully saturated rings. The van der Waals surface area contributed by atoms with Gasteiger partial charge in [-0.15, -0.1) is 0 Å². The lowest BCUT2D eigenvalue weighted by atomic mass is 10.1. The molecule has 0 amide bonds. The van der Waals surface area contributed by atoms with Crippen LogP contribution in [0.15, 0.2) is 54.6 Å². The number of nitrogens with two attached hydrogens (primary N) is 1.